The van der Waals surface area contributed by atoms with E-state index in [1.165, 1.54) is 29.1 Å². The molecule has 128 valence electrons. The Morgan fingerprint density at radius 2 is 2.00 bits per heavy atom. The number of benzene rings is 1. The number of piperidine rings is 1. The summed E-state index contributed by atoms with van der Waals surface area (Å²) in [4.78, 5) is 7.34. The van der Waals surface area contributed by atoms with Gasteiger partial charge in [0.1, 0.15) is 0 Å². The van der Waals surface area contributed by atoms with Crippen LogP contribution in [0.5, 0.6) is 0 Å². The number of ether oxygens (including phenoxy) is 2. The van der Waals surface area contributed by atoms with Gasteiger partial charge in [-0.25, -0.2) is 4.98 Å². The minimum Gasteiger partial charge on any atom is -0.350 e. The first-order valence-electron chi connectivity index (χ1n) is 8.79. The summed E-state index contributed by atoms with van der Waals surface area (Å²) in [6, 6.07) is 10.6. The lowest BCUT2D eigenvalue weighted by atomic mass is 9.97. The molecule has 2 aromatic rings. The van der Waals surface area contributed by atoms with Gasteiger partial charge >= 0.3 is 0 Å². The fourth-order valence-electron chi connectivity index (χ4n) is 3.61. The third-order valence-corrected chi connectivity index (χ3v) is 5.66. The highest BCUT2D eigenvalue weighted by Gasteiger charge is 2.31. The van der Waals surface area contributed by atoms with Crippen LogP contribution in [0.2, 0.25) is 0 Å². The standard InChI is InChI=1S/C19H24N2O2S/c1-2-5-15(6-3-1)11-18-20-17(14-24-18)13-21-8-4-7-16(12-21)19-22-9-10-23-19/h1-3,5-6,14,16,19H,4,7-13H2. The Balaban J connectivity index is 1.33. The lowest BCUT2D eigenvalue weighted by Crippen LogP contribution is -2.40. The number of hydrogen-bond acceptors (Lipinski definition) is 5. The molecule has 2 fully saturated rings. The second kappa shape index (κ2) is 7.74. The highest BCUT2D eigenvalue weighted by Crippen LogP contribution is 2.26. The maximum Gasteiger partial charge on any atom is 0.161 e. The Labute approximate surface area is 147 Å². The smallest absolute Gasteiger partial charge is 0.161 e. The molecule has 0 radical (unpaired) electrons. The van der Waals surface area contributed by atoms with Crippen molar-refractivity contribution in [1.82, 2.24) is 9.88 Å². The molecule has 0 bridgehead atoms. The zero-order valence-electron chi connectivity index (χ0n) is 13.9. The molecule has 4 nitrogen and oxygen atoms in total. The summed E-state index contributed by atoms with van der Waals surface area (Å²) in [5.41, 5.74) is 2.52. The third kappa shape index (κ3) is 4.03. The van der Waals surface area contributed by atoms with Crippen molar-refractivity contribution < 1.29 is 9.47 Å². The molecule has 1 unspecified atom stereocenters. The van der Waals surface area contributed by atoms with E-state index in [1.54, 1.807) is 11.3 Å². The van der Waals surface area contributed by atoms with Gasteiger partial charge in [-0.3, -0.25) is 4.90 Å². The van der Waals surface area contributed by atoms with Crippen LogP contribution in [0.15, 0.2) is 35.7 Å². The molecule has 24 heavy (non-hydrogen) atoms. The van der Waals surface area contributed by atoms with Crippen molar-refractivity contribution in [2.45, 2.75) is 32.1 Å². The Morgan fingerprint density at radius 3 is 2.83 bits per heavy atom. The number of nitrogens with zero attached hydrogens (tertiary/aromatic N) is 2. The van der Waals surface area contributed by atoms with Gasteiger partial charge in [0, 0.05) is 30.8 Å². The fourth-order valence-corrected chi connectivity index (χ4v) is 4.43. The third-order valence-electron chi connectivity index (χ3n) is 4.76. The van der Waals surface area contributed by atoms with E-state index in [0.717, 1.165) is 39.3 Å². The van der Waals surface area contributed by atoms with Crippen LogP contribution in [0, 0.1) is 5.92 Å². The van der Waals surface area contributed by atoms with E-state index >= 15 is 0 Å². The number of rotatable bonds is 5. The summed E-state index contributed by atoms with van der Waals surface area (Å²) in [6.07, 6.45) is 3.36. The zero-order valence-corrected chi connectivity index (χ0v) is 14.7. The number of likely N-dealkylation sites (tertiary alicyclic amines) is 1. The average molecular weight is 344 g/mol. The molecular weight excluding hydrogens is 320 g/mol. The maximum absolute atomic E-state index is 5.70. The average Bonchev–Trinajstić information content (AvgIpc) is 3.28. The molecule has 2 aliphatic heterocycles. The van der Waals surface area contributed by atoms with Gasteiger partial charge < -0.3 is 9.47 Å². The summed E-state index contributed by atoms with van der Waals surface area (Å²) in [6.45, 7) is 4.63. The van der Waals surface area contributed by atoms with Gasteiger partial charge in [0.25, 0.3) is 0 Å². The first-order chi connectivity index (χ1) is 11.9. The zero-order chi connectivity index (χ0) is 16.2. The van der Waals surface area contributed by atoms with E-state index in [0.29, 0.717) is 5.92 Å². The van der Waals surface area contributed by atoms with E-state index < -0.39 is 0 Å². The van der Waals surface area contributed by atoms with Crippen LogP contribution < -0.4 is 0 Å². The van der Waals surface area contributed by atoms with E-state index in [4.69, 9.17) is 14.5 Å². The fraction of sp³-hybridized carbons (Fsp3) is 0.526. The normalized spacial score (nSPS) is 22.9. The molecule has 1 aromatic carbocycles. The summed E-state index contributed by atoms with van der Waals surface area (Å²) in [5, 5.41) is 3.41. The van der Waals surface area contributed by atoms with E-state index in [-0.39, 0.29) is 6.29 Å². The summed E-state index contributed by atoms with van der Waals surface area (Å²) in [5.74, 6) is 0.503. The second-order valence-corrected chi connectivity index (χ2v) is 7.59. The van der Waals surface area contributed by atoms with Crippen molar-refractivity contribution in [2.24, 2.45) is 5.92 Å². The predicted molar refractivity (Wildman–Crippen MR) is 95.1 cm³/mol. The number of aromatic nitrogens is 1. The van der Waals surface area contributed by atoms with Crippen molar-refractivity contribution in [3.05, 3.63) is 52.0 Å². The largest absolute Gasteiger partial charge is 0.350 e. The van der Waals surface area contributed by atoms with Gasteiger partial charge in [-0.2, -0.15) is 0 Å². The first-order valence-corrected chi connectivity index (χ1v) is 9.67. The van der Waals surface area contributed by atoms with Crippen molar-refractivity contribution in [3.63, 3.8) is 0 Å². The molecule has 0 amide bonds. The quantitative estimate of drug-likeness (QED) is 0.833. The molecule has 0 aliphatic carbocycles. The van der Waals surface area contributed by atoms with E-state index in [9.17, 15) is 0 Å². The Bertz CT molecular complexity index is 640. The van der Waals surface area contributed by atoms with Crippen molar-refractivity contribution >= 4 is 11.3 Å². The van der Waals surface area contributed by atoms with Crippen molar-refractivity contribution in [2.75, 3.05) is 26.3 Å². The highest BCUT2D eigenvalue weighted by molar-refractivity contribution is 7.09. The Morgan fingerprint density at radius 1 is 1.17 bits per heavy atom. The van der Waals surface area contributed by atoms with Gasteiger partial charge in [0.2, 0.25) is 0 Å². The lowest BCUT2D eigenvalue weighted by molar-refractivity contribution is -0.101. The molecular formula is C19H24N2O2S. The van der Waals surface area contributed by atoms with Gasteiger partial charge in [0.15, 0.2) is 6.29 Å². The van der Waals surface area contributed by atoms with E-state index in [1.807, 2.05) is 0 Å². The summed E-state index contributed by atoms with van der Waals surface area (Å²) >= 11 is 1.77. The molecule has 2 aliphatic rings. The molecule has 0 spiro atoms. The second-order valence-electron chi connectivity index (χ2n) is 6.64. The van der Waals surface area contributed by atoms with Gasteiger partial charge in [-0.05, 0) is 24.9 Å². The number of hydrogen-bond donors (Lipinski definition) is 0. The Hall–Kier alpha value is -1.27. The lowest BCUT2D eigenvalue weighted by Gasteiger charge is -2.34. The molecule has 0 saturated carbocycles. The van der Waals surface area contributed by atoms with Gasteiger partial charge in [-0.1, -0.05) is 30.3 Å². The molecule has 4 rings (SSSR count). The monoisotopic (exact) mass is 344 g/mol. The van der Waals surface area contributed by atoms with Crippen LogP contribution in [-0.2, 0) is 22.4 Å². The number of thiazole rings is 1. The topological polar surface area (TPSA) is 34.6 Å². The molecule has 2 saturated heterocycles. The molecule has 1 aromatic heterocycles. The first kappa shape index (κ1) is 16.2. The van der Waals surface area contributed by atoms with Gasteiger partial charge in [0.05, 0.1) is 23.9 Å². The minimum absolute atomic E-state index is 0.0110. The van der Waals surface area contributed by atoms with Crippen LogP contribution in [0.3, 0.4) is 0 Å². The Kier molecular flexibility index (Phi) is 5.23. The summed E-state index contributed by atoms with van der Waals surface area (Å²) in [7, 11) is 0. The van der Waals surface area contributed by atoms with Crippen LogP contribution in [0.4, 0.5) is 0 Å². The summed E-state index contributed by atoms with van der Waals surface area (Å²) < 4.78 is 11.4. The van der Waals surface area contributed by atoms with Crippen LogP contribution in [-0.4, -0.2) is 42.5 Å². The van der Waals surface area contributed by atoms with Crippen molar-refractivity contribution in [1.29, 1.82) is 0 Å². The van der Waals surface area contributed by atoms with Gasteiger partial charge in [-0.15, -0.1) is 11.3 Å². The minimum atomic E-state index is 0.0110. The van der Waals surface area contributed by atoms with Crippen LogP contribution >= 0.6 is 11.3 Å². The predicted octanol–water partition coefficient (Wildman–Crippen LogP) is 3.32. The van der Waals surface area contributed by atoms with Crippen LogP contribution in [0.1, 0.15) is 29.1 Å². The highest BCUT2D eigenvalue weighted by atomic mass is 32.1. The molecule has 1 atom stereocenters. The maximum atomic E-state index is 5.70. The molecule has 5 heteroatoms. The van der Waals surface area contributed by atoms with Crippen molar-refractivity contribution in [3.8, 4) is 0 Å². The SMILES string of the molecule is c1ccc(Cc2nc(CN3CCCC(C4OCCO4)C3)cs2)cc1. The van der Waals surface area contributed by atoms with E-state index in [2.05, 4.69) is 40.6 Å². The molecule has 3 heterocycles. The molecule has 0 N–H and O–H groups in total. The van der Waals surface area contributed by atoms with Crippen LogP contribution in [0.25, 0.3) is 0 Å².